The molecule has 2 amide bonds. The van der Waals surface area contributed by atoms with Crippen LogP contribution in [0.4, 0.5) is 0 Å². The number of ether oxygens (including phenoxy) is 1. The number of unbranched alkanes of at least 4 members (excludes halogenated alkanes) is 1. The van der Waals surface area contributed by atoms with E-state index in [4.69, 9.17) is 4.74 Å². The first-order valence-corrected chi connectivity index (χ1v) is 16.4. The lowest BCUT2D eigenvalue weighted by Gasteiger charge is -2.39. The van der Waals surface area contributed by atoms with Gasteiger partial charge in [0.25, 0.3) is 0 Å². The summed E-state index contributed by atoms with van der Waals surface area (Å²) in [6, 6.07) is 15.6. The van der Waals surface area contributed by atoms with Crippen LogP contribution in [0.5, 0.6) is 0 Å². The number of aliphatic hydroxyl groups excluding tert-OH is 1. The van der Waals surface area contributed by atoms with Crippen LogP contribution < -0.4 is 0 Å². The molecule has 4 heterocycles. The predicted molar refractivity (Wildman–Crippen MR) is 172 cm³/mol. The zero-order chi connectivity index (χ0) is 31.6. The van der Waals surface area contributed by atoms with E-state index in [1.165, 1.54) is 0 Å². The number of hydrogen-bond donors (Lipinski definition) is 1. The molecular weight excluding hydrogens is 590 g/mol. The minimum Gasteiger partial charge on any atom is -0.465 e. The van der Waals surface area contributed by atoms with Gasteiger partial charge in [0, 0.05) is 11.8 Å². The number of fused-ring (bicyclic) bond motifs is 2. The van der Waals surface area contributed by atoms with Gasteiger partial charge in [0.1, 0.15) is 18.2 Å². The second-order valence-electron chi connectivity index (χ2n) is 12.0. The lowest BCUT2D eigenvalue weighted by molar-refractivity contribution is -0.154. The van der Waals surface area contributed by atoms with Crippen molar-refractivity contribution in [3.05, 3.63) is 85.5 Å². The van der Waals surface area contributed by atoms with Crippen LogP contribution in [-0.4, -0.2) is 89.5 Å². The summed E-state index contributed by atoms with van der Waals surface area (Å²) in [5.74, 6) is -2.28. The summed E-state index contributed by atoms with van der Waals surface area (Å²) in [7, 11) is 0. The van der Waals surface area contributed by atoms with Crippen molar-refractivity contribution in [1.82, 2.24) is 24.8 Å². The fourth-order valence-electron chi connectivity index (χ4n) is 7.39. The first-order valence-electron chi connectivity index (χ1n) is 15.5. The Hall–Kier alpha value is -3.96. The molecule has 2 aromatic carbocycles. The molecule has 10 nitrogen and oxygen atoms in total. The number of hydrogen-bond acceptors (Lipinski definition) is 8. The minimum atomic E-state index is -0.890. The van der Waals surface area contributed by atoms with Crippen LogP contribution in [0.3, 0.4) is 0 Å². The number of likely N-dealkylation sites (tertiary alicyclic amines) is 1. The van der Waals surface area contributed by atoms with Crippen LogP contribution in [0.2, 0.25) is 0 Å². The SMILES string of the molecule is C=CCCCOC(=O)[C@@H]1[C@@H]2CCC3(S2)C(C(=O)N(CC=C)Cn2nnc4ccccc42)N([C@@H](CO)Cc2ccccc2)C(=O)[C@H]13. The van der Waals surface area contributed by atoms with Gasteiger partial charge in [0.15, 0.2) is 0 Å². The number of rotatable bonds is 14. The van der Waals surface area contributed by atoms with E-state index >= 15 is 0 Å². The average molecular weight is 630 g/mol. The fraction of sp³-hybridized carbons (Fsp3) is 0.441. The number of thioether (sulfide) groups is 1. The third-order valence-corrected chi connectivity index (χ3v) is 11.3. The maximum atomic E-state index is 14.9. The lowest BCUT2D eigenvalue weighted by atomic mass is 9.71. The van der Waals surface area contributed by atoms with Gasteiger partial charge in [0.05, 0.1) is 41.4 Å². The third kappa shape index (κ3) is 5.56. The predicted octanol–water partition coefficient (Wildman–Crippen LogP) is 3.61. The lowest BCUT2D eigenvalue weighted by Crippen LogP contribution is -2.58. The Labute approximate surface area is 267 Å². The number of amides is 2. The standard InChI is InChI=1S/C34H39N5O5S/c1-3-5-11-19-44-33(43)28-27-16-17-34(45-27)29(28)31(41)39(24(21-40)20-23-12-7-6-8-13-23)30(34)32(42)37(18-4-2)22-38-26-15-10-9-14-25(26)35-36-38/h3-4,6-10,12-15,24,27-30,40H,1-2,5,11,16-22H2/t24-,27+,28-,29+,30?,34?/m1/s1. The highest BCUT2D eigenvalue weighted by Crippen LogP contribution is 2.67. The van der Waals surface area contributed by atoms with E-state index < -0.39 is 28.7 Å². The highest BCUT2D eigenvalue weighted by atomic mass is 32.2. The van der Waals surface area contributed by atoms with Crippen molar-refractivity contribution in [1.29, 1.82) is 0 Å². The summed E-state index contributed by atoms with van der Waals surface area (Å²) in [5.41, 5.74) is 2.43. The topological polar surface area (TPSA) is 118 Å². The van der Waals surface area contributed by atoms with Gasteiger partial charge in [-0.15, -0.1) is 30.0 Å². The number of carbonyl (C=O) groups is 3. The second kappa shape index (κ2) is 13.2. The normalized spacial score (nSPS) is 25.7. The summed E-state index contributed by atoms with van der Waals surface area (Å²) in [5, 5.41) is 19.2. The summed E-state index contributed by atoms with van der Waals surface area (Å²) < 4.78 is 6.54. The van der Waals surface area contributed by atoms with E-state index in [0.717, 1.165) is 17.5 Å². The van der Waals surface area contributed by atoms with Crippen LogP contribution in [0.25, 0.3) is 11.0 Å². The van der Waals surface area contributed by atoms with Crippen molar-refractivity contribution in [2.75, 3.05) is 19.8 Å². The first kappa shape index (κ1) is 31.0. The summed E-state index contributed by atoms with van der Waals surface area (Å²) in [6.45, 7) is 7.88. The van der Waals surface area contributed by atoms with Gasteiger partial charge in [-0.1, -0.05) is 59.8 Å². The van der Waals surface area contributed by atoms with Crippen LogP contribution in [0.1, 0.15) is 31.2 Å². The van der Waals surface area contributed by atoms with Crippen molar-refractivity contribution >= 4 is 40.6 Å². The Morgan fingerprint density at radius 1 is 1.16 bits per heavy atom. The van der Waals surface area contributed by atoms with E-state index in [0.29, 0.717) is 31.2 Å². The van der Waals surface area contributed by atoms with Gasteiger partial charge < -0.3 is 19.6 Å². The Morgan fingerprint density at radius 2 is 1.93 bits per heavy atom. The fourth-order valence-corrected chi connectivity index (χ4v) is 9.58. The van der Waals surface area contributed by atoms with Crippen LogP contribution in [0.15, 0.2) is 79.9 Å². The Morgan fingerprint density at radius 3 is 2.69 bits per heavy atom. The van der Waals surface area contributed by atoms with E-state index in [1.807, 2.05) is 54.6 Å². The monoisotopic (exact) mass is 629 g/mol. The number of allylic oxidation sites excluding steroid dienone is 1. The molecule has 1 N–H and O–H groups in total. The molecule has 0 saturated carbocycles. The average Bonchev–Trinajstić information content (AvgIpc) is 3.81. The van der Waals surface area contributed by atoms with E-state index in [-0.39, 0.29) is 49.5 Å². The number of aromatic nitrogens is 3. The minimum absolute atomic E-state index is 0.107. The molecule has 3 saturated heterocycles. The zero-order valence-corrected chi connectivity index (χ0v) is 26.1. The third-order valence-electron chi connectivity index (χ3n) is 9.35. The second-order valence-corrected chi connectivity index (χ2v) is 13.6. The number of benzene rings is 2. The molecule has 11 heteroatoms. The maximum absolute atomic E-state index is 14.9. The van der Waals surface area contributed by atoms with Crippen LogP contribution in [-0.2, 0) is 32.2 Å². The molecule has 2 unspecified atom stereocenters. The molecule has 236 valence electrons. The van der Waals surface area contributed by atoms with Crippen molar-refractivity contribution in [3.8, 4) is 0 Å². The van der Waals surface area contributed by atoms with Crippen molar-refractivity contribution < 1.29 is 24.2 Å². The molecule has 0 radical (unpaired) electrons. The van der Waals surface area contributed by atoms with Crippen molar-refractivity contribution in [2.45, 2.75) is 60.9 Å². The number of nitrogens with zero attached hydrogens (tertiary/aromatic N) is 5. The van der Waals surface area contributed by atoms with E-state index in [9.17, 15) is 19.5 Å². The molecule has 3 aromatic rings. The largest absolute Gasteiger partial charge is 0.465 e. The molecule has 0 aliphatic carbocycles. The highest BCUT2D eigenvalue weighted by Gasteiger charge is 2.74. The van der Waals surface area contributed by atoms with Gasteiger partial charge in [-0.3, -0.25) is 14.4 Å². The summed E-state index contributed by atoms with van der Waals surface area (Å²) in [6.07, 6.45) is 6.51. The molecule has 1 aromatic heterocycles. The number of para-hydroxylation sites is 1. The van der Waals surface area contributed by atoms with Gasteiger partial charge in [-0.05, 0) is 49.8 Å². The van der Waals surface area contributed by atoms with E-state index in [1.54, 1.807) is 38.4 Å². The van der Waals surface area contributed by atoms with Crippen LogP contribution >= 0.6 is 11.8 Å². The molecule has 3 aliphatic rings. The molecule has 45 heavy (non-hydrogen) atoms. The van der Waals surface area contributed by atoms with Crippen LogP contribution in [0, 0.1) is 11.8 Å². The number of carbonyl (C=O) groups excluding carboxylic acids is 3. The molecular formula is C34H39N5O5S. The number of esters is 1. The Balaban J connectivity index is 1.37. The quantitative estimate of drug-likeness (QED) is 0.163. The molecule has 2 bridgehead atoms. The van der Waals surface area contributed by atoms with Crippen molar-refractivity contribution in [2.24, 2.45) is 11.8 Å². The number of aliphatic hydroxyl groups is 1. The van der Waals surface area contributed by atoms with Gasteiger partial charge in [-0.25, -0.2) is 4.68 Å². The Bertz CT molecular complexity index is 1580. The maximum Gasteiger partial charge on any atom is 0.310 e. The molecule has 6 rings (SSSR count). The summed E-state index contributed by atoms with van der Waals surface area (Å²) >= 11 is 1.58. The van der Waals surface area contributed by atoms with Gasteiger partial charge in [0.2, 0.25) is 11.8 Å². The van der Waals surface area contributed by atoms with E-state index in [2.05, 4.69) is 23.5 Å². The molecule has 3 fully saturated rings. The molecule has 1 spiro atoms. The van der Waals surface area contributed by atoms with Gasteiger partial charge in [-0.2, -0.15) is 0 Å². The zero-order valence-electron chi connectivity index (χ0n) is 25.2. The Kier molecular flexibility index (Phi) is 9.09. The summed E-state index contributed by atoms with van der Waals surface area (Å²) in [4.78, 5) is 46.3. The smallest absolute Gasteiger partial charge is 0.310 e. The molecule has 3 aliphatic heterocycles. The molecule has 6 atom stereocenters. The van der Waals surface area contributed by atoms with Gasteiger partial charge >= 0.3 is 5.97 Å². The first-order chi connectivity index (χ1) is 21.9. The highest BCUT2D eigenvalue weighted by molar-refractivity contribution is 8.02. The van der Waals surface area contributed by atoms with Crippen molar-refractivity contribution in [3.63, 3.8) is 0 Å².